The standard InChI is InChI=1S/C18H21ClN4O3/c1-17(2,3)25-15-11(8-20-16(23-15)26-18(4,5)6)12-7-10-13(19)21-9-22-14(10)24-12/h7-9H,1-6H3. The Morgan fingerprint density at radius 1 is 0.962 bits per heavy atom. The molecule has 3 heterocycles. The first-order chi connectivity index (χ1) is 12.0. The van der Waals surface area contributed by atoms with E-state index in [4.69, 9.17) is 25.5 Å². The van der Waals surface area contributed by atoms with Crippen LogP contribution in [0.1, 0.15) is 41.5 Å². The molecule has 8 heteroatoms. The van der Waals surface area contributed by atoms with Gasteiger partial charge in [0.2, 0.25) is 11.6 Å². The van der Waals surface area contributed by atoms with Crippen molar-refractivity contribution in [2.24, 2.45) is 0 Å². The van der Waals surface area contributed by atoms with E-state index < -0.39 is 11.2 Å². The fourth-order valence-electron chi connectivity index (χ4n) is 2.17. The molecule has 0 amide bonds. The van der Waals surface area contributed by atoms with Gasteiger partial charge in [-0.15, -0.1) is 0 Å². The first-order valence-electron chi connectivity index (χ1n) is 8.17. The maximum absolute atomic E-state index is 6.11. The smallest absolute Gasteiger partial charge is 0.320 e. The molecule has 3 rings (SSSR count). The Bertz CT molecular complexity index is 942. The Balaban J connectivity index is 2.10. The highest BCUT2D eigenvalue weighted by Crippen LogP contribution is 2.36. The van der Waals surface area contributed by atoms with Crippen molar-refractivity contribution in [1.82, 2.24) is 19.9 Å². The monoisotopic (exact) mass is 376 g/mol. The molecule has 138 valence electrons. The normalized spacial score (nSPS) is 12.4. The molecule has 0 saturated heterocycles. The minimum absolute atomic E-state index is 0.231. The van der Waals surface area contributed by atoms with Gasteiger partial charge in [0.15, 0.2) is 0 Å². The van der Waals surface area contributed by atoms with Crippen LogP contribution < -0.4 is 9.47 Å². The average molecular weight is 377 g/mol. The van der Waals surface area contributed by atoms with Gasteiger partial charge in [-0.2, -0.15) is 4.98 Å². The Morgan fingerprint density at radius 3 is 2.27 bits per heavy atom. The number of aromatic nitrogens is 4. The zero-order valence-electron chi connectivity index (χ0n) is 15.6. The highest BCUT2D eigenvalue weighted by atomic mass is 35.5. The van der Waals surface area contributed by atoms with Crippen molar-refractivity contribution >= 4 is 22.7 Å². The second-order valence-electron chi connectivity index (χ2n) is 7.79. The summed E-state index contributed by atoms with van der Waals surface area (Å²) >= 11 is 6.11. The quantitative estimate of drug-likeness (QED) is 0.613. The van der Waals surface area contributed by atoms with Crippen LogP contribution in [-0.4, -0.2) is 31.1 Å². The molecule has 0 spiro atoms. The molecule has 0 radical (unpaired) electrons. The van der Waals surface area contributed by atoms with Gasteiger partial charge in [0, 0.05) is 6.20 Å². The predicted molar refractivity (Wildman–Crippen MR) is 98.6 cm³/mol. The lowest BCUT2D eigenvalue weighted by Crippen LogP contribution is -2.26. The van der Waals surface area contributed by atoms with E-state index in [1.807, 2.05) is 41.5 Å². The Kier molecular flexibility index (Phi) is 4.52. The number of halogens is 1. The summed E-state index contributed by atoms with van der Waals surface area (Å²) in [6, 6.07) is 1.98. The van der Waals surface area contributed by atoms with Crippen molar-refractivity contribution in [3.05, 3.63) is 23.7 Å². The van der Waals surface area contributed by atoms with Gasteiger partial charge in [0.25, 0.3) is 0 Å². The SMILES string of the molecule is CC(C)(C)Oc1ncc(-c2cc3c(Cl)ncnc3o2)c(OC(C)(C)C)n1. The molecule has 0 unspecified atom stereocenters. The number of rotatable bonds is 3. The highest BCUT2D eigenvalue weighted by molar-refractivity contribution is 6.33. The summed E-state index contributed by atoms with van der Waals surface area (Å²) in [6.45, 7) is 11.6. The Morgan fingerprint density at radius 2 is 1.65 bits per heavy atom. The minimum Gasteiger partial charge on any atom is -0.471 e. The molecule has 0 aromatic carbocycles. The van der Waals surface area contributed by atoms with E-state index >= 15 is 0 Å². The van der Waals surface area contributed by atoms with E-state index in [-0.39, 0.29) is 6.01 Å². The first kappa shape index (κ1) is 18.4. The molecular weight excluding hydrogens is 356 g/mol. The molecular formula is C18H21ClN4O3. The summed E-state index contributed by atoms with van der Waals surface area (Å²) in [5, 5.41) is 0.929. The van der Waals surface area contributed by atoms with Crippen LogP contribution in [0.4, 0.5) is 0 Å². The lowest BCUT2D eigenvalue weighted by atomic mass is 10.2. The van der Waals surface area contributed by atoms with Crippen LogP contribution in [0, 0.1) is 0 Å². The van der Waals surface area contributed by atoms with E-state index in [9.17, 15) is 0 Å². The van der Waals surface area contributed by atoms with Gasteiger partial charge >= 0.3 is 6.01 Å². The highest BCUT2D eigenvalue weighted by Gasteiger charge is 2.23. The molecule has 0 N–H and O–H groups in total. The molecule has 0 saturated carbocycles. The van der Waals surface area contributed by atoms with Crippen LogP contribution in [0.5, 0.6) is 11.9 Å². The number of fused-ring (bicyclic) bond motifs is 1. The zero-order valence-corrected chi connectivity index (χ0v) is 16.4. The summed E-state index contributed by atoms with van der Waals surface area (Å²) in [6.07, 6.45) is 2.95. The van der Waals surface area contributed by atoms with E-state index in [0.717, 1.165) is 0 Å². The van der Waals surface area contributed by atoms with Gasteiger partial charge in [-0.25, -0.2) is 15.0 Å². The summed E-state index contributed by atoms with van der Waals surface area (Å²) in [7, 11) is 0. The van der Waals surface area contributed by atoms with Crippen LogP contribution in [0.2, 0.25) is 5.15 Å². The van der Waals surface area contributed by atoms with Crippen LogP contribution in [-0.2, 0) is 0 Å². The van der Waals surface area contributed by atoms with Crippen molar-refractivity contribution < 1.29 is 13.9 Å². The number of furan rings is 1. The molecule has 26 heavy (non-hydrogen) atoms. The molecule has 0 aliphatic rings. The number of hydrogen-bond acceptors (Lipinski definition) is 7. The lowest BCUT2D eigenvalue weighted by molar-refractivity contribution is 0.103. The molecule has 3 aromatic rings. The Labute approximate surface area is 156 Å². The predicted octanol–water partition coefficient (Wildman–Crippen LogP) is 4.69. The zero-order chi connectivity index (χ0) is 19.1. The van der Waals surface area contributed by atoms with Crippen LogP contribution in [0.15, 0.2) is 23.0 Å². The molecule has 0 fully saturated rings. The second kappa shape index (κ2) is 6.39. The van der Waals surface area contributed by atoms with Gasteiger partial charge in [-0.3, -0.25) is 0 Å². The fraction of sp³-hybridized carbons (Fsp3) is 0.444. The van der Waals surface area contributed by atoms with Crippen molar-refractivity contribution in [2.75, 3.05) is 0 Å². The third kappa shape index (κ3) is 4.22. The van der Waals surface area contributed by atoms with Crippen LogP contribution in [0.3, 0.4) is 0 Å². The van der Waals surface area contributed by atoms with Gasteiger partial charge in [0.1, 0.15) is 28.4 Å². The summed E-state index contributed by atoms with van der Waals surface area (Å²) in [5.41, 5.74) is 0.0705. The van der Waals surface area contributed by atoms with E-state index in [1.54, 1.807) is 12.3 Å². The molecule has 7 nitrogen and oxygen atoms in total. The molecule has 0 aliphatic carbocycles. The van der Waals surface area contributed by atoms with Gasteiger partial charge in [-0.1, -0.05) is 11.6 Å². The Hall–Kier alpha value is -2.41. The minimum atomic E-state index is -0.467. The number of ether oxygens (including phenoxy) is 2. The van der Waals surface area contributed by atoms with Gasteiger partial charge < -0.3 is 13.9 Å². The van der Waals surface area contributed by atoms with Crippen molar-refractivity contribution in [1.29, 1.82) is 0 Å². The maximum atomic E-state index is 6.11. The topological polar surface area (TPSA) is 83.2 Å². The molecule has 3 aromatic heterocycles. The third-order valence-corrected chi connectivity index (χ3v) is 3.38. The number of nitrogens with zero attached hydrogens (tertiary/aromatic N) is 4. The van der Waals surface area contributed by atoms with Crippen LogP contribution in [0.25, 0.3) is 22.4 Å². The molecule has 0 aliphatic heterocycles. The summed E-state index contributed by atoms with van der Waals surface area (Å²) in [4.78, 5) is 16.8. The maximum Gasteiger partial charge on any atom is 0.320 e. The largest absolute Gasteiger partial charge is 0.471 e. The molecule has 0 atom stereocenters. The number of hydrogen-bond donors (Lipinski definition) is 0. The first-order valence-corrected chi connectivity index (χ1v) is 8.55. The molecule has 0 bridgehead atoms. The lowest BCUT2D eigenvalue weighted by Gasteiger charge is -2.23. The second-order valence-corrected chi connectivity index (χ2v) is 8.15. The fourth-order valence-corrected chi connectivity index (χ4v) is 2.35. The van der Waals surface area contributed by atoms with Crippen molar-refractivity contribution in [3.8, 4) is 23.2 Å². The van der Waals surface area contributed by atoms with Crippen molar-refractivity contribution in [3.63, 3.8) is 0 Å². The summed E-state index contributed by atoms with van der Waals surface area (Å²) in [5.74, 6) is 0.846. The van der Waals surface area contributed by atoms with Crippen LogP contribution >= 0.6 is 11.6 Å². The van der Waals surface area contributed by atoms with Gasteiger partial charge in [0.05, 0.1) is 10.9 Å². The average Bonchev–Trinajstić information content (AvgIpc) is 2.89. The van der Waals surface area contributed by atoms with E-state index in [1.165, 1.54) is 6.33 Å². The van der Waals surface area contributed by atoms with E-state index in [0.29, 0.717) is 33.5 Å². The van der Waals surface area contributed by atoms with Gasteiger partial charge in [-0.05, 0) is 47.6 Å². The van der Waals surface area contributed by atoms with Crippen molar-refractivity contribution in [2.45, 2.75) is 52.7 Å². The van der Waals surface area contributed by atoms with E-state index in [2.05, 4.69) is 19.9 Å². The summed E-state index contributed by atoms with van der Waals surface area (Å²) < 4.78 is 17.6. The third-order valence-electron chi connectivity index (χ3n) is 3.08.